The molecule has 0 amide bonds. The second-order valence-electron chi connectivity index (χ2n) is 3.76. The van der Waals surface area contributed by atoms with E-state index < -0.39 is 10.0 Å². The Morgan fingerprint density at radius 3 is 2.90 bits per heavy atom. The maximum atomic E-state index is 12.0. The first kappa shape index (κ1) is 14.5. The highest BCUT2D eigenvalue weighted by atomic mass is 32.2. The number of hydrogen-bond donors (Lipinski definition) is 1. The van der Waals surface area contributed by atoms with Crippen LogP contribution in [0.4, 0.5) is 0 Å². The van der Waals surface area contributed by atoms with Crippen LogP contribution >= 0.6 is 11.3 Å². The zero-order valence-corrected chi connectivity index (χ0v) is 12.2. The van der Waals surface area contributed by atoms with Crippen molar-refractivity contribution < 1.29 is 13.2 Å². The molecule has 2 aromatic rings. The standard InChI is InChI=1S/C12H11N3O3S2/c1-18-11-6-9(4-5-14-11)8-15-20(16,17)12-3-2-10(7-13)19-12/h2-6,15H,8H2,1H3. The Hall–Kier alpha value is -1.95. The lowest BCUT2D eigenvalue weighted by Gasteiger charge is -2.05. The molecule has 0 radical (unpaired) electrons. The van der Waals surface area contributed by atoms with Crippen LogP contribution in [0, 0.1) is 11.3 Å². The van der Waals surface area contributed by atoms with Gasteiger partial charge in [0.1, 0.15) is 15.2 Å². The molecule has 0 saturated carbocycles. The average molecular weight is 309 g/mol. The monoisotopic (exact) mass is 309 g/mol. The molecule has 0 unspecified atom stereocenters. The van der Waals surface area contributed by atoms with Gasteiger partial charge >= 0.3 is 0 Å². The number of rotatable bonds is 5. The number of sulfonamides is 1. The molecular weight excluding hydrogens is 298 g/mol. The maximum absolute atomic E-state index is 12.0. The largest absolute Gasteiger partial charge is 0.481 e. The lowest BCUT2D eigenvalue weighted by Crippen LogP contribution is -2.22. The van der Waals surface area contributed by atoms with Crippen molar-refractivity contribution in [3.8, 4) is 11.9 Å². The molecule has 104 valence electrons. The van der Waals surface area contributed by atoms with Crippen LogP contribution in [-0.2, 0) is 16.6 Å². The molecule has 0 atom stereocenters. The van der Waals surface area contributed by atoms with Crippen molar-refractivity contribution >= 4 is 21.4 Å². The van der Waals surface area contributed by atoms with Crippen LogP contribution in [0.3, 0.4) is 0 Å². The lowest BCUT2D eigenvalue weighted by atomic mass is 10.3. The molecule has 2 rings (SSSR count). The van der Waals surface area contributed by atoms with Crippen LogP contribution in [0.15, 0.2) is 34.7 Å². The summed E-state index contributed by atoms with van der Waals surface area (Å²) in [6.45, 7) is 0.126. The minimum Gasteiger partial charge on any atom is -0.481 e. The summed E-state index contributed by atoms with van der Waals surface area (Å²) in [5, 5.41) is 8.71. The van der Waals surface area contributed by atoms with Crippen molar-refractivity contribution in [3.63, 3.8) is 0 Å². The number of hydrogen-bond acceptors (Lipinski definition) is 6. The van der Waals surface area contributed by atoms with E-state index in [1.807, 2.05) is 6.07 Å². The van der Waals surface area contributed by atoms with E-state index in [1.54, 1.807) is 18.3 Å². The van der Waals surface area contributed by atoms with E-state index in [2.05, 4.69) is 9.71 Å². The molecule has 2 aromatic heterocycles. The summed E-state index contributed by atoms with van der Waals surface area (Å²) in [6.07, 6.45) is 1.54. The number of methoxy groups -OCH3 is 1. The molecule has 1 N–H and O–H groups in total. The highest BCUT2D eigenvalue weighted by Crippen LogP contribution is 2.21. The second kappa shape index (κ2) is 6.00. The van der Waals surface area contributed by atoms with Gasteiger partial charge in [-0.25, -0.2) is 18.1 Å². The quantitative estimate of drug-likeness (QED) is 0.903. The summed E-state index contributed by atoms with van der Waals surface area (Å²) in [4.78, 5) is 4.30. The summed E-state index contributed by atoms with van der Waals surface area (Å²) in [5.41, 5.74) is 0.734. The molecule has 20 heavy (non-hydrogen) atoms. The summed E-state index contributed by atoms with van der Waals surface area (Å²) in [7, 11) is -2.12. The molecule has 0 aliphatic heterocycles. The molecule has 2 heterocycles. The third-order valence-electron chi connectivity index (χ3n) is 2.43. The van der Waals surface area contributed by atoms with E-state index in [0.717, 1.165) is 16.9 Å². The van der Waals surface area contributed by atoms with Crippen molar-refractivity contribution in [1.29, 1.82) is 5.26 Å². The van der Waals surface area contributed by atoms with Gasteiger partial charge in [0, 0.05) is 18.8 Å². The van der Waals surface area contributed by atoms with Crippen LogP contribution < -0.4 is 9.46 Å². The Balaban J connectivity index is 2.11. The van der Waals surface area contributed by atoms with Gasteiger partial charge in [-0.05, 0) is 23.8 Å². The number of nitrogens with zero attached hydrogens (tertiary/aromatic N) is 2. The average Bonchev–Trinajstić information content (AvgIpc) is 2.95. The predicted octanol–water partition coefficient (Wildman–Crippen LogP) is 1.50. The van der Waals surface area contributed by atoms with Gasteiger partial charge in [0.15, 0.2) is 0 Å². The van der Waals surface area contributed by atoms with Gasteiger partial charge in [0.05, 0.1) is 7.11 Å². The normalized spacial score (nSPS) is 11.0. The zero-order chi connectivity index (χ0) is 14.6. The van der Waals surface area contributed by atoms with Gasteiger partial charge in [-0.15, -0.1) is 11.3 Å². The van der Waals surface area contributed by atoms with Crippen molar-refractivity contribution in [3.05, 3.63) is 40.9 Å². The minimum atomic E-state index is -3.61. The molecule has 8 heteroatoms. The molecule has 0 bridgehead atoms. The maximum Gasteiger partial charge on any atom is 0.250 e. The fourth-order valence-electron chi connectivity index (χ4n) is 1.45. The van der Waals surface area contributed by atoms with E-state index in [-0.39, 0.29) is 10.8 Å². The zero-order valence-electron chi connectivity index (χ0n) is 10.5. The van der Waals surface area contributed by atoms with Crippen LogP contribution in [0.2, 0.25) is 0 Å². The summed E-state index contributed by atoms with van der Waals surface area (Å²) in [5.74, 6) is 0.421. The predicted molar refractivity (Wildman–Crippen MR) is 73.8 cm³/mol. The Bertz CT molecular complexity index is 747. The summed E-state index contributed by atoms with van der Waals surface area (Å²) >= 11 is 0.934. The van der Waals surface area contributed by atoms with Gasteiger partial charge in [0.2, 0.25) is 15.9 Å². The first-order chi connectivity index (χ1) is 9.55. The summed E-state index contributed by atoms with van der Waals surface area (Å²) in [6, 6.07) is 8.15. The summed E-state index contributed by atoms with van der Waals surface area (Å²) < 4.78 is 31.6. The minimum absolute atomic E-state index is 0.120. The second-order valence-corrected chi connectivity index (χ2v) is 6.84. The number of thiophene rings is 1. The van der Waals surface area contributed by atoms with Crippen molar-refractivity contribution in [2.75, 3.05) is 7.11 Å². The molecule has 0 saturated heterocycles. The Morgan fingerprint density at radius 1 is 1.45 bits per heavy atom. The van der Waals surface area contributed by atoms with Crippen LogP contribution in [0.5, 0.6) is 5.88 Å². The third-order valence-corrected chi connectivity index (χ3v) is 5.31. The van der Waals surface area contributed by atoms with E-state index in [4.69, 9.17) is 10.00 Å². The molecule has 0 aliphatic carbocycles. The Morgan fingerprint density at radius 2 is 2.25 bits per heavy atom. The third kappa shape index (κ3) is 3.33. The van der Waals surface area contributed by atoms with Crippen LogP contribution in [-0.4, -0.2) is 20.5 Å². The molecule has 0 aromatic carbocycles. The SMILES string of the molecule is COc1cc(CNS(=O)(=O)c2ccc(C#N)s2)ccn1. The molecule has 0 aliphatic rings. The topological polar surface area (TPSA) is 92.1 Å². The number of pyridine rings is 1. The first-order valence-corrected chi connectivity index (χ1v) is 7.83. The van der Waals surface area contributed by atoms with Crippen molar-refractivity contribution in [2.45, 2.75) is 10.8 Å². The lowest BCUT2D eigenvalue weighted by molar-refractivity contribution is 0.397. The fourth-order valence-corrected chi connectivity index (χ4v) is 3.61. The van der Waals surface area contributed by atoms with Crippen LogP contribution in [0.25, 0.3) is 0 Å². The number of nitrogens with one attached hydrogen (secondary N) is 1. The highest BCUT2D eigenvalue weighted by Gasteiger charge is 2.16. The molecule has 6 nitrogen and oxygen atoms in total. The smallest absolute Gasteiger partial charge is 0.250 e. The van der Waals surface area contributed by atoms with Crippen molar-refractivity contribution in [2.24, 2.45) is 0 Å². The molecule has 0 spiro atoms. The Kier molecular flexibility index (Phi) is 4.34. The number of nitriles is 1. The van der Waals surface area contributed by atoms with E-state index in [9.17, 15) is 8.42 Å². The van der Waals surface area contributed by atoms with Gasteiger partial charge < -0.3 is 4.74 Å². The molecule has 0 fully saturated rings. The van der Waals surface area contributed by atoms with E-state index >= 15 is 0 Å². The van der Waals surface area contributed by atoms with Crippen LogP contribution in [0.1, 0.15) is 10.4 Å². The first-order valence-electron chi connectivity index (χ1n) is 5.53. The van der Waals surface area contributed by atoms with Gasteiger partial charge in [-0.3, -0.25) is 0 Å². The Labute approximate surface area is 120 Å². The van der Waals surface area contributed by atoms with E-state index in [0.29, 0.717) is 10.8 Å². The fraction of sp³-hybridized carbons (Fsp3) is 0.167. The van der Waals surface area contributed by atoms with E-state index in [1.165, 1.54) is 19.2 Å². The highest BCUT2D eigenvalue weighted by molar-refractivity contribution is 7.91. The van der Waals surface area contributed by atoms with Gasteiger partial charge in [-0.1, -0.05) is 0 Å². The van der Waals surface area contributed by atoms with Gasteiger partial charge in [-0.2, -0.15) is 5.26 Å². The number of aromatic nitrogens is 1. The molecular formula is C12H11N3O3S2. The van der Waals surface area contributed by atoms with Crippen molar-refractivity contribution in [1.82, 2.24) is 9.71 Å². The van der Waals surface area contributed by atoms with Gasteiger partial charge in [0.25, 0.3) is 0 Å². The number of ether oxygens (including phenoxy) is 1.